The maximum atomic E-state index is 13.0. The van der Waals surface area contributed by atoms with Crippen LogP contribution in [0.25, 0.3) is 11.3 Å². The second-order valence-corrected chi connectivity index (χ2v) is 4.92. The maximum absolute atomic E-state index is 13.0. The average molecular weight is 359 g/mol. The number of carbonyl (C=O) groups excluding carboxylic acids is 1. The van der Waals surface area contributed by atoms with E-state index in [1.54, 1.807) is 12.1 Å². The van der Waals surface area contributed by atoms with E-state index in [9.17, 15) is 18.4 Å². The highest BCUT2D eigenvalue weighted by atomic mass is 35.5. The minimum Gasteiger partial charge on any atom is -0.348 e. The predicted molar refractivity (Wildman–Crippen MR) is 88.2 cm³/mol. The van der Waals surface area contributed by atoms with Crippen molar-refractivity contribution in [2.75, 3.05) is 13.1 Å². The first-order chi connectivity index (χ1) is 10.9. The molecule has 0 bridgehead atoms. The molecule has 1 heterocycles. The number of halogens is 3. The maximum Gasteiger partial charge on any atom is 0.277 e. The first kappa shape index (κ1) is 19.7. The number of rotatable bonds is 6. The minimum atomic E-state index is -3.18. The molecule has 1 aromatic carbocycles. The second kappa shape index (κ2) is 8.51. The Hall–Kier alpha value is -2.32. The lowest BCUT2D eigenvalue weighted by molar-refractivity contribution is -0.123. The predicted octanol–water partition coefficient (Wildman–Crippen LogP) is 1.04. The monoisotopic (exact) mass is 358 g/mol. The largest absolute Gasteiger partial charge is 0.348 e. The third-order valence-electron chi connectivity index (χ3n) is 3.07. The molecule has 0 saturated carbocycles. The van der Waals surface area contributed by atoms with Crippen LogP contribution in [-0.4, -0.2) is 34.7 Å². The van der Waals surface area contributed by atoms with E-state index in [0.717, 1.165) is 10.2 Å². The van der Waals surface area contributed by atoms with Crippen LogP contribution in [0.5, 0.6) is 0 Å². The number of aromatic nitrogens is 2. The van der Waals surface area contributed by atoms with Gasteiger partial charge in [0.05, 0.1) is 18.8 Å². The fourth-order valence-electron chi connectivity index (χ4n) is 1.82. The zero-order valence-electron chi connectivity index (χ0n) is 12.6. The molecule has 0 aliphatic heterocycles. The Labute approximate surface area is 143 Å². The molecule has 3 N–H and O–H groups in total. The number of nitrogens with one attached hydrogen (secondary N) is 1. The zero-order valence-corrected chi connectivity index (χ0v) is 13.4. The van der Waals surface area contributed by atoms with E-state index in [1.807, 2.05) is 23.5 Å². The van der Waals surface area contributed by atoms with Gasteiger partial charge in [0.2, 0.25) is 5.91 Å². The standard InChI is InChI=1S/C15H16F2N4O2.ClH/c16-15(17,9-18)10-19-13(22)8-21-14(23)7-6-12(20-21)11-4-2-1-3-5-11;/h1-7H,8-10,18H2,(H,19,22);1H. The van der Waals surface area contributed by atoms with Gasteiger partial charge < -0.3 is 11.1 Å². The smallest absolute Gasteiger partial charge is 0.277 e. The summed E-state index contributed by atoms with van der Waals surface area (Å²) in [7, 11) is 0. The molecule has 24 heavy (non-hydrogen) atoms. The van der Waals surface area contributed by atoms with Crippen molar-refractivity contribution in [3.8, 4) is 11.3 Å². The van der Waals surface area contributed by atoms with E-state index < -0.39 is 37.0 Å². The molecule has 9 heteroatoms. The topological polar surface area (TPSA) is 90.0 Å². The Balaban J connectivity index is 0.00000288. The lowest BCUT2D eigenvalue weighted by Gasteiger charge is -2.14. The van der Waals surface area contributed by atoms with Gasteiger partial charge in [-0.2, -0.15) is 5.10 Å². The molecule has 0 radical (unpaired) electrons. The quantitative estimate of drug-likeness (QED) is 0.807. The van der Waals surface area contributed by atoms with Crippen LogP contribution in [0.15, 0.2) is 47.3 Å². The Bertz CT molecular complexity index is 738. The Morgan fingerprint density at radius 2 is 1.88 bits per heavy atom. The van der Waals surface area contributed by atoms with Gasteiger partial charge in [-0.1, -0.05) is 30.3 Å². The molecule has 130 valence electrons. The van der Waals surface area contributed by atoms with Gasteiger partial charge in [0.1, 0.15) is 6.54 Å². The SMILES string of the molecule is Cl.NCC(F)(F)CNC(=O)Cn1nc(-c2ccccc2)ccc1=O. The first-order valence-corrected chi connectivity index (χ1v) is 6.89. The van der Waals surface area contributed by atoms with Crippen molar-refractivity contribution in [3.63, 3.8) is 0 Å². The summed E-state index contributed by atoms with van der Waals surface area (Å²) in [6, 6.07) is 11.9. The summed E-state index contributed by atoms with van der Waals surface area (Å²) in [5, 5.41) is 6.12. The number of hydrogen-bond acceptors (Lipinski definition) is 4. The molecular weight excluding hydrogens is 342 g/mol. The third-order valence-corrected chi connectivity index (χ3v) is 3.07. The summed E-state index contributed by atoms with van der Waals surface area (Å²) in [5.41, 5.74) is 5.67. The van der Waals surface area contributed by atoms with E-state index in [-0.39, 0.29) is 12.4 Å². The highest BCUT2D eigenvalue weighted by Gasteiger charge is 2.27. The number of nitrogens with two attached hydrogens (primary N) is 1. The summed E-state index contributed by atoms with van der Waals surface area (Å²) >= 11 is 0. The summed E-state index contributed by atoms with van der Waals surface area (Å²) in [4.78, 5) is 23.4. The van der Waals surface area contributed by atoms with Gasteiger partial charge in [-0.3, -0.25) is 9.59 Å². The van der Waals surface area contributed by atoms with Crippen LogP contribution in [0.1, 0.15) is 0 Å². The van der Waals surface area contributed by atoms with E-state index in [1.165, 1.54) is 12.1 Å². The average Bonchev–Trinajstić information content (AvgIpc) is 2.56. The number of carbonyl (C=O) groups is 1. The lowest BCUT2D eigenvalue weighted by Crippen LogP contribution is -2.43. The van der Waals surface area contributed by atoms with Crippen LogP contribution in [0.2, 0.25) is 0 Å². The van der Waals surface area contributed by atoms with Crippen LogP contribution in [0.3, 0.4) is 0 Å². The summed E-state index contributed by atoms with van der Waals surface area (Å²) < 4.78 is 26.9. The van der Waals surface area contributed by atoms with Gasteiger partial charge in [-0.05, 0) is 6.07 Å². The number of amides is 1. The molecule has 0 saturated heterocycles. The lowest BCUT2D eigenvalue weighted by atomic mass is 10.1. The summed E-state index contributed by atoms with van der Waals surface area (Å²) in [6.45, 7) is -2.19. The van der Waals surface area contributed by atoms with Crippen molar-refractivity contribution in [2.24, 2.45) is 5.73 Å². The van der Waals surface area contributed by atoms with Gasteiger partial charge in [-0.15, -0.1) is 12.4 Å². The van der Waals surface area contributed by atoms with E-state index >= 15 is 0 Å². The Morgan fingerprint density at radius 1 is 1.21 bits per heavy atom. The summed E-state index contributed by atoms with van der Waals surface area (Å²) in [6.07, 6.45) is 0. The molecule has 0 aliphatic carbocycles. The molecule has 1 amide bonds. The van der Waals surface area contributed by atoms with Gasteiger partial charge in [0.15, 0.2) is 0 Å². The zero-order chi connectivity index (χ0) is 16.9. The third kappa shape index (κ3) is 5.39. The Kier molecular flexibility index (Phi) is 6.99. The van der Waals surface area contributed by atoms with Crippen LogP contribution in [0, 0.1) is 0 Å². The molecule has 0 spiro atoms. The van der Waals surface area contributed by atoms with Crippen molar-refractivity contribution in [1.29, 1.82) is 0 Å². The number of hydrogen-bond donors (Lipinski definition) is 2. The highest BCUT2D eigenvalue weighted by Crippen LogP contribution is 2.14. The van der Waals surface area contributed by atoms with Gasteiger partial charge >= 0.3 is 0 Å². The molecule has 0 atom stereocenters. The van der Waals surface area contributed by atoms with Crippen molar-refractivity contribution < 1.29 is 13.6 Å². The molecule has 0 aliphatic rings. The first-order valence-electron chi connectivity index (χ1n) is 6.89. The van der Waals surface area contributed by atoms with E-state index in [2.05, 4.69) is 5.10 Å². The van der Waals surface area contributed by atoms with Crippen LogP contribution in [0.4, 0.5) is 8.78 Å². The molecule has 2 rings (SSSR count). The fraction of sp³-hybridized carbons (Fsp3) is 0.267. The van der Waals surface area contributed by atoms with Crippen LogP contribution in [-0.2, 0) is 11.3 Å². The van der Waals surface area contributed by atoms with E-state index in [0.29, 0.717) is 5.69 Å². The summed E-state index contributed by atoms with van der Waals surface area (Å²) in [5.74, 6) is -3.92. The molecule has 0 fully saturated rings. The number of alkyl halides is 2. The fourth-order valence-corrected chi connectivity index (χ4v) is 1.82. The Morgan fingerprint density at radius 3 is 2.50 bits per heavy atom. The van der Waals surface area contributed by atoms with Crippen molar-refractivity contribution >= 4 is 18.3 Å². The molecule has 6 nitrogen and oxygen atoms in total. The van der Waals surface area contributed by atoms with Gasteiger partial charge in [0, 0.05) is 11.6 Å². The van der Waals surface area contributed by atoms with E-state index in [4.69, 9.17) is 5.73 Å². The van der Waals surface area contributed by atoms with Crippen molar-refractivity contribution in [2.45, 2.75) is 12.5 Å². The second-order valence-electron chi connectivity index (χ2n) is 4.92. The number of nitrogens with zero attached hydrogens (tertiary/aromatic N) is 2. The van der Waals surface area contributed by atoms with Crippen molar-refractivity contribution in [3.05, 3.63) is 52.8 Å². The molecular formula is C15H17ClF2N4O2. The molecule has 1 aromatic heterocycles. The number of benzene rings is 1. The van der Waals surface area contributed by atoms with Crippen molar-refractivity contribution in [1.82, 2.24) is 15.1 Å². The van der Waals surface area contributed by atoms with Crippen LogP contribution < -0.4 is 16.6 Å². The van der Waals surface area contributed by atoms with Gasteiger partial charge in [0.25, 0.3) is 11.5 Å². The molecule has 2 aromatic rings. The van der Waals surface area contributed by atoms with Gasteiger partial charge in [-0.25, -0.2) is 13.5 Å². The normalized spacial score (nSPS) is 10.8. The highest BCUT2D eigenvalue weighted by molar-refractivity contribution is 5.85. The molecule has 0 unspecified atom stereocenters. The minimum absolute atomic E-state index is 0. The van der Waals surface area contributed by atoms with Crippen LogP contribution >= 0.6 is 12.4 Å².